The Morgan fingerprint density at radius 3 is 2.08 bits per heavy atom. The minimum atomic E-state index is 0.299. The van der Waals surface area contributed by atoms with Crippen LogP contribution in [0.2, 0.25) is 0 Å². The molecule has 0 amide bonds. The van der Waals surface area contributed by atoms with Gasteiger partial charge in [-0.15, -0.1) is 0 Å². The monoisotopic (exact) mass is 327 g/mol. The Bertz CT molecular complexity index is 862. The summed E-state index contributed by atoms with van der Waals surface area (Å²) in [7, 11) is 0. The smallest absolute Gasteiger partial charge is 0.124 e. The summed E-state index contributed by atoms with van der Waals surface area (Å²) in [5.41, 5.74) is 4.03. The molecule has 5 rings (SSSR count). The molecular weight excluding hydrogens is 306 g/mol. The minimum Gasteiger partial charge on any atom is -0.493 e. The number of rotatable bonds is 2. The van der Waals surface area contributed by atoms with Crippen molar-refractivity contribution in [1.82, 2.24) is 5.32 Å². The average Bonchev–Trinajstić information content (AvgIpc) is 3.09. The summed E-state index contributed by atoms with van der Waals surface area (Å²) in [6.45, 7) is 0.761. The molecule has 1 saturated heterocycles. The molecule has 0 aromatic heterocycles. The third-order valence-corrected chi connectivity index (χ3v) is 5.64. The van der Waals surface area contributed by atoms with E-state index >= 15 is 0 Å². The number of benzene rings is 3. The van der Waals surface area contributed by atoms with Crippen LogP contribution < -0.4 is 10.1 Å². The molecule has 2 nitrogen and oxygen atoms in total. The summed E-state index contributed by atoms with van der Waals surface area (Å²) in [5, 5.41) is 3.93. The highest BCUT2D eigenvalue weighted by Crippen LogP contribution is 2.52. The molecule has 0 radical (unpaired) electrons. The minimum absolute atomic E-state index is 0.299. The first kappa shape index (κ1) is 14.7. The largest absolute Gasteiger partial charge is 0.493 e. The molecule has 2 heterocycles. The van der Waals surface area contributed by atoms with Gasteiger partial charge in [0.05, 0.1) is 6.61 Å². The molecule has 0 aliphatic carbocycles. The number of hydrogen-bond acceptors (Lipinski definition) is 2. The second-order valence-corrected chi connectivity index (χ2v) is 6.98. The molecule has 2 aliphatic rings. The van der Waals surface area contributed by atoms with E-state index in [9.17, 15) is 0 Å². The first-order valence-electron chi connectivity index (χ1n) is 8.99. The van der Waals surface area contributed by atoms with Crippen LogP contribution in [0.1, 0.15) is 34.7 Å². The van der Waals surface area contributed by atoms with E-state index in [2.05, 4.69) is 90.2 Å². The first-order valence-corrected chi connectivity index (χ1v) is 8.99. The lowest BCUT2D eigenvalue weighted by atomic mass is 9.78. The van der Waals surface area contributed by atoms with Crippen LogP contribution in [-0.2, 0) is 0 Å². The van der Waals surface area contributed by atoms with Crippen LogP contribution in [0.4, 0.5) is 0 Å². The Balaban J connectivity index is 1.62. The van der Waals surface area contributed by atoms with Crippen LogP contribution in [0.3, 0.4) is 0 Å². The van der Waals surface area contributed by atoms with Crippen molar-refractivity contribution in [3.8, 4) is 5.75 Å². The molecule has 25 heavy (non-hydrogen) atoms. The van der Waals surface area contributed by atoms with Gasteiger partial charge in [0.1, 0.15) is 5.75 Å². The molecule has 2 aliphatic heterocycles. The van der Waals surface area contributed by atoms with Gasteiger partial charge in [-0.3, -0.25) is 0 Å². The summed E-state index contributed by atoms with van der Waals surface area (Å²) in [5.74, 6) is 1.86. The zero-order valence-electron chi connectivity index (χ0n) is 14.0. The topological polar surface area (TPSA) is 21.3 Å². The summed E-state index contributed by atoms with van der Waals surface area (Å²) >= 11 is 0. The average molecular weight is 327 g/mol. The van der Waals surface area contributed by atoms with Crippen LogP contribution >= 0.6 is 0 Å². The van der Waals surface area contributed by atoms with Gasteiger partial charge in [0.15, 0.2) is 0 Å². The SMILES string of the molecule is c1ccc([C@@H]2[C@H]3COc4ccccc4[C@H]3N[C@H]2c2ccccc2)cc1. The highest BCUT2D eigenvalue weighted by molar-refractivity contribution is 5.42. The van der Waals surface area contributed by atoms with Gasteiger partial charge in [-0.1, -0.05) is 78.9 Å². The first-order chi connectivity index (χ1) is 12.4. The summed E-state index contributed by atoms with van der Waals surface area (Å²) in [6.07, 6.45) is 0. The van der Waals surface area contributed by atoms with Gasteiger partial charge < -0.3 is 10.1 Å². The number of fused-ring (bicyclic) bond motifs is 3. The zero-order valence-corrected chi connectivity index (χ0v) is 14.0. The van der Waals surface area contributed by atoms with Gasteiger partial charge in [0.25, 0.3) is 0 Å². The molecule has 1 N–H and O–H groups in total. The van der Waals surface area contributed by atoms with Crippen molar-refractivity contribution < 1.29 is 4.74 Å². The summed E-state index contributed by atoms with van der Waals surface area (Å²) in [4.78, 5) is 0. The number of para-hydroxylation sites is 1. The second kappa shape index (κ2) is 6.05. The maximum absolute atomic E-state index is 6.13. The Morgan fingerprint density at radius 1 is 0.680 bits per heavy atom. The molecule has 0 spiro atoms. The van der Waals surface area contributed by atoms with Crippen LogP contribution in [0.15, 0.2) is 84.9 Å². The fourth-order valence-electron chi connectivity index (χ4n) is 4.53. The van der Waals surface area contributed by atoms with Crippen molar-refractivity contribution >= 4 is 0 Å². The highest BCUT2D eigenvalue weighted by Gasteiger charge is 2.47. The number of hydrogen-bond donors (Lipinski definition) is 1. The fourth-order valence-corrected chi connectivity index (χ4v) is 4.53. The Hall–Kier alpha value is -2.58. The van der Waals surface area contributed by atoms with Crippen LogP contribution in [0.25, 0.3) is 0 Å². The van der Waals surface area contributed by atoms with Crippen LogP contribution in [-0.4, -0.2) is 6.61 Å². The summed E-state index contributed by atoms with van der Waals surface area (Å²) in [6, 6.07) is 30.8. The Kier molecular flexibility index (Phi) is 3.57. The number of nitrogens with one attached hydrogen (secondary N) is 1. The second-order valence-electron chi connectivity index (χ2n) is 6.98. The maximum atomic E-state index is 6.13. The van der Waals surface area contributed by atoms with Gasteiger partial charge in [0.2, 0.25) is 0 Å². The predicted molar refractivity (Wildman–Crippen MR) is 99.7 cm³/mol. The van der Waals surface area contributed by atoms with Gasteiger partial charge in [-0.05, 0) is 17.2 Å². The number of ether oxygens (including phenoxy) is 1. The van der Waals surface area contributed by atoms with E-state index in [1.807, 2.05) is 0 Å². The van der Waals surface area contributed by atoms with E-state index in [1.54, 1.807) is 0 Å². The molecule has 0 bridgehead atoms. The van der Waals surface area contributed by atoms with E-state index in [0.717, 1.165) is 12.4 Å². The molecular formula is C23H21NO. The quantitative estimate of drug-likeness (QED) is 0.725. The Labute approximate surface area is 148 Å². The Morgan fingerprint density at radius 2 is 1.32 bits per heavy atom. The van der Waals surface area contributed by atoms with Gasteiger partial charge in [-0.2, -0.15) is 0 Å². The zero-order chi connectivity index (χ0) is 16.6. The molecule has 0 unspecified atom stereocenters. The lowest BCUT2D eigenvalue weighted by molar-refractivity contribution is 0.193. The molecule has 124 valence electrons. The van der Waals surface area contributed by atoms with E-state index in [-0.39, 0.29) is 0 Å². The third kappa shape index (κ3) is 2.45. The van der Waals surface area contributed by atoms with Crippen molar-refractivity contribution in [2.75, 3.05) is 6.61 Å². The predicted octanol–water partition coefficient (Wildman–Crippen LogP) is 4.86. The van der Waals surface area contributed by atoms with Crippen molar-refractivity contribution in [2.24, 2.45) is 5.92 Å². The van der Waals surface area contributed by atoms with Gasteiger partial charge in [0, 0.05) is 29.5 Å². The lowest BCUT2D eigenvalue weighted by Crippen LogP contribution is -2.28. The van der Waals surface area contributed by atoms with Crippen molar-refractivity contribution in [3.63, 3.8) is 0 Å². The van der Waals surface area contributed by atoms with E-state index in [4.69, 9.17) is 4.74 Å². The van der Waals surface area contributed by atoms with Crippen molar-refractivity contribution in [1.29, 1.82) is 0 Å². The van der Waals surface area contributed by atoms with Crippen LogP contribution in [0, 0.1) is 5.92 Å². The van der Waals surface area contributed by atoms with Crippen molar-refractivity contribution in [2.45, 2.75) is 18.0 Å². The van der Waals surface area contributed by atoms with Gasteiger partial charge >= 0.3 is 0 Å². The fraction of sp³-hybridized carbons (Fsp3) is 0.217. The summed E-state index contributed by atoms with van der Waals surface area (Å²) < 4.78 is 6.13. The molecule has 2 heteroatoms. The van der Waals surface area contributed by atoms with Gasteiger partial charge in [-0.25, -0.2) is 0 Å². The van der Waals surface area contributed by atoms with Crippen molar-refractivity contribution in [3.05, 3.63) is 102 Å². The maximum Gasteiger partial charge on any atom is 0.124 e. The molecule has 4 atom stereocenters. The van der Waals surface area contributed by atoms with E-state index < -0.39 is 0 Å². The standard InChI is InChI=1S/C23H21NO/c1-3-9-16(10-4-1)21-19-15-25-20-14-8-7-13-18(20)23(19)24-22(21)17-11-5-2-6-12-17/h1-14,19,21-24H,15H2/t19-,21-,22+,23-/m1/s1. The highest BCUT2D eigenvalue weighted by atomic mass is 16.5. The molecule has 0 saturated carbocycles. The van der Waals surface area contributed by atoms with E-state index in [1.165, 1.54) is 16.7 Å². The third-order valence-electron chi connectivity index (χ3n) is 5.64. The van der Waals surface area contributed by atoms with E-state index in [0.29, 0.717) is 23.9 Å². The lowest BCUT2D eigenvalue weighted by Gasteiger charge is -2.31. The molecule has 1 fully saturated rings. The molecule has 3 aromatic rings. The molecule has 3 aromatic carbocycles. The van der Waals surface area contributed by atoms with Crippen LogP contribution in [0.5, 0.6) is 5.75 Å². The normalized spacial score (nSPS) is 27.2.